The summed E-state index contributed by atoms with van der Waals surface area (Å²) in [5, 5.41) is 11.1. The number of phenols is 1. The van der Waals surface area contributed by atoms with Crippen LogP contribution in [0.15, 0.2) is 34.1 Å². The van der Waals surface area contributed by atoms with Gasteiger partial charge in [-0.3, -0.25) is 0 Å². The quantitative estimate of drug-likeness (QED) is 0.277. The average Bonchev–Trinajstić information content (AvgIpc) is 2.60. The molecule has 0 saturated carbocycles. The second kappa shape index (κ2) is 11.3. The maximum atomic E-state index is 11.1. The third-order valence-corrected chi connectivity index (χ3v) is 8.85. The molecule has 0 fully saturated rings. The van der Waals surface area contributed by atoms with Crippen molar-refractivity contribution in [3.63, 3.8) is 0 Å². The van der Waals surface area contributed by atoms with E-state index in [4.69, 9.17) is 0 Å². The number of rotatable bonds is 4. The molecule has 0 spiro atoms. The predicted molar refractivity (Wildman–Crippen MR) is 160 cm³/mol. The Morgan fingerprint density at radius 3 is 1.00 bits per heavy atom. The van der Waals surface area contributed by atoms with Crippen LogP contribution >= 0.6 is 23.5 Å². The molecule has 2 aromatic carbocycles. The first-order valence-electron chi connectivity index (χ1n) is 12.8. The van der Waals surface area contributed by atoms with Gasteiger partial charge >= 0.3 is 0 Å². The topological polar surface area (TPSA) is 20.2 Å². The van der Waals surface area contributed by atoms with Gasteiger partial charge in [-0.2, -0.15) is 0 Å². The van der Waals surface area contributed by atoms with Gasteiger partial charge in [-0.05, 0) is 83.4 Å². The largest absolute Gasteiger partial charge is 0.507 e. The minimum absolute atomic E-state index is 0. The van der Waals surface area contributed by atoms with Crippen molar-refractivity contribution in [3.05, 3.63) is 52.1 Å². The second-order valence-corrected chi connectivity index (χ2v) is 18.3. The first-order chi connectivity index (χ1) is 15.4. The van der Waals surface area contributed by atoms with Gasteiger partial charge in [0.25, 0.3) is 0 Å². The van der Waals surface area contributed by atoms with Crippen molar-refractivity contribution < 1.29 is 37.8 Å². The summed E-state index contributed by atoms with van der Waals surface area (Å²) in [6.07, 6.45) is 0. The van der Waals surface area contributed by atoms with Gasteiger partial charge in [-0.15, -0.1) is 23.5 Å². The average molecular weight is 604 g/mol. The molecular formula is C32H50OS2Y. The molecule has 0 atom stereocenters. The summed E-state index contributed by atoms with van der Waals surface area (Å²) in [4.78, 5) is 2.54. The van der Waals surface area contributed by atoms with Gasteiger partial charge in [0, 0.05) is 53.6 Å². The summed E-state index contributed by atoms with van der Waals surface area (Å²) in [7, 11) is 0. The monoisotopic (exact) mass is 603 g/mol. The number of phenolic OH excluding ortho intramolecular Hbond substituents is 1. The van der Waals surface area contributed by atoms with E-state index in [1.807, 2.05) is 23.5 Å². The van der Waals surface area contributed by atoms with Gasteiger partial charge in [-0.1, -0.05) is 83.1 Å². The molecule has 4 heteroatoms. The van der Waals surface area contributed by atoms with Crippen LogP contribution in [0, 0.1) is 6.92 Å². The van der Waals surface area contributed by atoms with E-state index in [0.29, 0.717) is 5.75 Å². The van der Waals surface area contributed by atoms with Crippen molar-refractivity contribution in [1.29, 1.82) is 0 Å². The fourth-order valence-corrected chi connectivity index (χ4v) is 7.29. The Hall–Kier alpha value is 0.0439. The molecule has 2 rings (SSSR count). The van der Waals surface area contributed by atoms with Crippen LogP contribution in [0.1, 0.15) is 125 Å². The zero-order valence-electron chi connectivity index (χ0n) is 25.7. The molecule has 1 nitrogen and oxygen atoms in total. The molecule has 199 valence electrons. The van der Waals surface area contributed by atoms with Crippen molar-refractivity contribution in [3.8, 4) is 5.75 Å². The van der Waals surface area contributed by atoms with Crippen molar-refractivity contribution in [2.45, 2.75) is 139 Å². The number of aromatic hydroxyl groups is 1. The predicted octanol–water partition coefficient (Wildman–Crippen LogP) is 10.5. The molecule has 1 N–H and O–H groups in total. The van der Waals surface area contributed by atoms with Crippen LogP contribution in [0.4, 0.5) is 0 Å². The van der Waals surface area contributed by atoms with Gasteiger partial charge in [0.05, 0.1) is 4.08 Å². The molecule has 0 aliphatic rings. The van der Waals surface area contributed by atoms with Gasteiger partial charge < -0.3 is 5.11 Å². The molecule has 0 aliphatic heterocycles. The van der Waals surface area contributed by atoms with E-state index >= 15 is 0 Å². The van der Waals surface area contributed by atoms with Crippen LogP contribution in [0.25, 0.3) is 0 Å². The summed E-state index contributed by atoms with van der Waals surface area (Å²) in [6.45, 7) is 33.9. The van der Waals surface area contributed by atoms with E-state index in [1.54, 1.807) is 0 Å². The van der Waals surface area contributed by atoms with Crippen LogP contribution in [0.5, 0.6) is 5.75 Å². The van der Waals surface area contributed by atoms with Crippen LogP contribution in [0.2, 0.25) is 0 Å². The molecule has 2 aromatic rings. The molecule has 0 heterocycles. The van der Waals surface area contributed by atoms with E-state index in [0.717, 1.165) is 11.1 Å². The molecule has 0 saturated heterocycles. The van der Waals surface area contributed by atoms with E-state index in [9.17, 15) is 5.11 Å². The number of hydrogen-bond donors (Lipinski definition) is 1. The summed E-state index contributed by atoms with van der Waals surface area (Å²) < 4.78 is -0.0825. The van der Waals surface area contributed by atoms with Gasteiger partial charge in [0.15, 0.2) is 0 Å². The number of hydrogen-bond acceptors (Lipinski definition) is 3. The van der Waals surface area contributed by atoms with Crippen LogP contribution in [-0.2, 0) is 54.4 Å². The standard InChI is InChI=1S/C32H50OS2.Y/c1-20-23(28(2,3)4)16-21(17-24(20)29(5,6)7)34-32(14,15)35-22-18-25(30(8,9)10)27(33)26(19-22)31(11,12)13;/h16-19,33H,1-15H3;. The fourth-order valence-electron chi connectivity index (χ4n) is 4.70. The zero-order valence-corrected chi connectivity index (χ0v) is 30.1. The maximum Gasteiger partial charge on any atom is 0.123 e. The Morgan fingerprint density at radius 1 is 0.500 bits per heavy atom. The molecule has 0 bridgehead atoms. The zero-order chi connectivity index (χ0) is 27.4. The van der Waals surface area contributed by atoms with Crippen LogP contribution in [0.3, 0.4) is 0 Å². The third-order valence-electron chi connectivity index (χ3n) is 6.42. The van der Waals surface area contributed by atoms with Crippen molar-refractivity contribution in [2.75, 3.05) is 0 Å². The van der Waals surface area contributed by atoms with Crippen molar-refractivity contribution >= 4 is 23.5 Å². The smallest absolute Gasteiger partial charge is 0.123 e. The van der Waals surface area contributed by atoms with E-state index in [-0.39, 0.29) is 58.4 Å². The summed E-state index contributed by atoms with van der Waals surface area (Å²) in [5.41, 5.74) is 6.27. The Bertz CT molecular complexity index is 916. The molecule has 0 unspecified atom stereocenters. The van der Waals surface area contributed by atoms with Gasteiger partial charge in [0.1, 0.15) is 5.75 Å². The first-order valence-corrected chi connectivity index (χ1v) is 14.5. The Morgan fingerprint density at radius 2 is 0.750 bits per heavy atom. The van der Waals surface area contributed by atoms with Crippen LogP contribution in [-0.4, -0.2) is 9.19 Å². The third kappa shape index (κ3) is 8.52. The van der Waals surface area contributed by atoms with Crippen molar-refractivity contribution in [2.24, 2.45) is 0 Å². The molecule has 0 aromatic heterocycles. The Kier molecular flexibility index (Phi) is 10.7. The molecule has 0 aliphatic carbocycles. The summed E-state index contributed by atoms with van der Waals surface area (Å²) in [5.74, 6) is 0.447. The molecule has 1 radical (unpaired) electrons. The second-order valence-electron chi connectivity index (χ2n) is 14.6. The van der Waals surface area contributed by atoms with Crippen LogP contribution < -0.4 is 0 Å². The van der Waals surface area contributed by atoms with E-state index in [2.05, 4.69) is 128 Å². The Balaban J connectivity index is 0.00000648. The SMILES string of the molecule is Cc1c(C(C)(C)C)cc(SC(C)(C)Sc2cc(C(C)(C)C)c(O)c(C(C)(C)C)c2)cc1C(C)(C)C.[Y]. The number of thioether (sulfide) groups is 2. The summed E-state index contributed by atoms with van der Waals surface area (Å²) >= 11 is 3.83. The van der Waals surface area contributed by atoms with Gasteiger partial charge in [-0.25, -0.2) is 0 Å². The fraction of sp³-hybridized carbons (Fsp3) is 0.625. The minimum Gasteiger partial charge on any atom is -0.507 e. The molecule has 0 amide bonds. The Labute approximate surface area is 256 Å². The maximum absolute atomic E-state index is 11.1. The van der Waals surface area contributed by atoms with E-state index < -0.39 is 0 Å². The summed E-state index contributed by atoms with van der Waals surface area (Å²) in [6, 6.07) is 9.23. The van der Waals surface area contributed by atoms with Crippen molar-refractivity contribution in [1.82, 2.24) is 0 Å². The first kappa shape index (κ1) is 34.1. The molecule has 36 heavy (non-hydrogen) atoms. The minimum atomic E-state index is -0.127. The normalized spacial score (nSPS) is 13.5. The number of benzene rings is 2. The van der Waals surface area contributed by atoms with E-state index in [1.165, 1.54) is 26.5 Å². The molecular weight excluding hydrogens is 553 g/mol. The van der Waals surface area contributed by atoms with Gasteiger partial charge in [0.2, 0.25) is 0 Å².